The van der Waals surface area contributed by atoms with Crippen LogP contribution in [0.5, 0.6) is 0 Å². The van der Waals surface area contributed by atoms with Crippen molar-refractivity contribution in [2.75, 3.05) is 26.7 Å². The van der Waals surface area contributed by atoms with Gasteiger partial charge in [0.2, 0.25) is 0 Å². The van der Waals surface area contributed by atoms with E-state index in [1.54, 1.807) is 32.1 Å². The van der Waals surface area contributed by atoms with Gasteiger partial charge in [0.25, 0.3) is 0 Å². The minimum atomic E-state index is 0. The summed E-state index contributed by atoms with van der Waals surface area (Å²) in [6, 6.07) is 0. The lowest BCUT2D eigenvalue weighted by atomic mass is 9.67. The van der Waals surface area contributed by atoms with Gasteiger partial charge in [-0.2, -0.15) is 0 Å². The van der Waals surface area contributed by atoms with Crippen LogP contribution in [0.2, 0.25) is 0 Å². The molecule has 2 bridgehead atoms. The second-order valence-corrected chi connectivity index (χ2v) is 7.15. The second kappa shape index (κ2) is 13.3. The van der Waals surface area contributed by atoms with E-state index in [1.165, 1.54) is 51.7 Å². The molecule has 0 aromatic rings. The predicted octanol–water partition coefficient (Wildman–Crippen LogP) is -4.47. The maximum atomic E-state index is 2.58. The summed E-state index contributed by atoms with van der Waals surface area (Å²) in [7, 11) is 2.17. The summed E-state index contributed by atoms with van der Waals surface area (Å²) in [4.78, 5) is 0. The maximum absolute atomic E-state index is 2.58. The average molecular weight is 428 g/mol. The molecule has 0 saturated heterocycles. The monoisotopic (exact) mass is 426 g/mol. The van der Waals surface area contributed by atoms with Gasteiger partial charge in [-0.25, -0.2) is 0 Å². The van der Waals surface area contributed by atoms with Gasteiger partial charge in [0.1, 0.15) is 0 Å². The predicted molar refractivity (Wildman–Crippen MR) is 81.0 cm³/mol. The summed E-state index contributed by atoms with van der Waals surface area (Å²) in [5.74, 6) is 3.31. The number of rotatable bonds is 9. The van der Waals surface area contributed by atoms with Gasteiger partial charge >= 0.3 is 0 Å². The summed E-state index contributed by atoms with van der Waals surface area (Å²) in [6.07, 6.45) is 15.1. The molecule has 2 fully saturated rings. The first-order chi connectivity index (χ1) is 9.38. The largest absolute Gasteiger partial charge is 1.00 e. The van der Waals surface area contributed by atoms with Crippen molar-refractivity contribution < 1.29 is 44.6 Å². The van der Waals surface area contributed by atoms with Crippen molar-refractivity contribution in [3.05, 3.63) is 0 Å². The molecule has 0 aromatic carbocycles. The normalized spacial score (nSPS) is 27.6. The molecular formula is C17H36Br2N2. The lowest BCUT2D eigenvalue weighted by Crippen LogP contribution is -3.00. The highest BCUT2D eigenvalue weighted by Crippen LogP contribution is 2.43. The SMILES string of the molecule is C[NH2+]CCCCC[NH2+]CCC1CC2CCCC(C2)C1.[Br-].[Br-]. The van der Waals surface area contributed by atoms with Crippen molar-refractivity contribution in [1.82, 2.24) is 0 Å². The van der Waals surface area contributed by atoms with E-state index in [2.05, 4.69) is 17.7 Å². The molecule has 4 N–H and O–H groups in total. The molecule has 2 unspecified atom stereocenters. The molecule has 0 radical (unpaired) electrons. The third-order valence-electron chi connectivity index (χ3n) is 5.40. The van der Waals surface area contributed by atoms with E-state index in [4.69, 9.17) is 0 Å². The number of fused-ring (bicyclic) bond motifs is 2. The molecule has 2 nitrogen and oxygen atoms in total. The fourth-order valence-corrected chi connectivity index (χ4v) is 4.42. The Morgan fingerprint density at radius 3 is 2.14 bits per heavy atom. The summed E-state index contributed by atoms with van der Waals surface area (Å²) in [5.41, 5.74) is 0. The summed E-state index contributed by atoms with van der Waals surface area (Å²) in [5, 5.41) is 4.88. The number of quaternary nitrogens is 2. The number of unbranched alkanes of at least 4 members (excludes halogenated alkanes) is 2. The van der Waals surface area contributed by atoms with E-state index in [0.29, 0.717) is 0 Å². The van der Waals surface area contributed by atoms with E-state index >= 15 is 0 Å². The summed E-state index contributed by atoms with van der Waals surface area (Å²) >= 11 is 0. The summed E-state index contributed by atoms with van der Waals surface area (Å²) < 4.78 is 0. The van der Waals surface area contributed by atoms with Gasteiger partial charge in [-0.1, -0.05) is 19.3 Å². The molecule has 0 aliphatic heterocycles. The van der Waals surface area contributed by atoms with Gasteiger partial charge in [0, 0.05) is 0 Å². The van der Waals surface area contributed by atoms with Gasteiger partial charge in [-0.3, -0.25) is 0 Å². The summed E-state index contributed by atoms with van der Waals surface area (Å²) in [6.45, 7) is 4.07. The molecule has 2 saturated carbocycles. The third-order valence-corrected chi connectivity index (χ3v) is 5.40. The molecule has 2 aliphatic rings. The van der Waals surface area contributed by atoms with Gasteiger partial charge in [0.05, 0.1) is 26.7 Å². The van der Waals surface area contributed by atoms with Crippen LogP contribution < -0.4 is 44.6 Å². The van der Waals surface area contributed by atoms with Crippen molar-refractivity contribution in [2.45, 2.75) is 64.2 Å². The van der Waals surface area contributed by atoms with Crippen molar-refractivity contribution in [1.29, 1.82) is 0 Å². The zero-order valence-corrected chi connectivity index (χ0v) is 17.0. The molecule has 128 valence electrons. The average Bonchev–Trinajstić information content (AvgIpc) is 2.41. The molecule has 2 rings (SSSR count). The Morgan fingerprint density at radius 2 is 1.48 bits per heavy atom. The van der Waals surface area contributed by atoms with Gasteiger partial charge < -0.3 is 44.6 Å². The van der Waals surface area contributed by atoms with E-state index in [1.807, 2.05) is 0 Å². The van der Waals surface area contributed by atoms with Crippen molar-refractivity contribution in [2.24, 2.45) is 17.8 Å². The first-order valence-corrected chi connectivity index (χ1v) is 8.98. The number of nitrogens with two attached hydrogens (primary N) is 2. The van der Waals surface area contributed by atoms with Crippen LogP contribution in [-0.4, -0.2) is 26.7 Å². The Kier molecular flexibility index (Phi) is 13.9. The van der Waals surface area contributed by atoms with Crippen LogP contribution in [0.1, 0.15) is 64.2 Å². The van der Waals surface area contributed by atoms with Crippen LogP contribution in [0.15, 0.2) is 0 Å². The number of hydrogen-bond acceptors (Lipinski definition) is 0. The Bertz CT molecular complexity index is 227. The first kappa shape index (κ1) is 21.9. The molecule has 0 spiro atoms. The Morgan fingerprint density at radius 1 is 0.810 bits per heavy atom. The van der Waals surface area contributed by atoms with E-state index in [0.717, 1.165) is 17.8 Å². The maximum Gasteiger partial charge on any atom is 0.0758 e. The Labute approximate surface area is 153 Å². The number of hydrogen-bond donors (Lipinski definition) is 2. The second-order valence-electron chi connectivity index (χ2n) is 7.15. The Balaban J connectivity index is 0.00000200. The zero-order chi connectivity index (χ0) is 13.3. The molecule has 4 heteroatoms. The van der Waals surface area contributed by atoms with Crippen LogP contribution in [0.25, 0.3) is 0 Å². The van der Waals surface area contributed by atoms with Gasteiger partial charge in [-0.05, 0) is 62.7 Å². The fraction of sp³-hybridized carbons (Fsp3) is 1.00. The quantitative estimate of drug-likeness (QED) is 0.348. The zero-order valence-electron chi connectivity index (χ0n) is 13.8. The smallest absolute Gasteiger partial charge is 0.0758 e. The molecule has 21 heavy (non-hydrogen) atoms. The lowest BCUT2D eigenvalue weighted by Gasteiger charge is -2.38. The Hall–Kier alpha value is 0.880. The van der Waals surface area contributed by atoms with Crippen LogP contribution in [0.4, 0.5) is 0 Å². The van der Waals surface area contributed by atoms with Crippen molar-refractivity contribution in [3.63, 3.8) is 0 Å². The molecular weight excluding hydrogens is 392 g/mol. The fourth-order valence-electron chi connectivity index (χ4n) is 4.42. The van der Waals surface area contributed by atoms with Crippen molar-refractivity contribution in [3.8, 4) is 0 Å². The molecule has 0 aromatic heterocycles. The van der Waals surface area contributed by atoms with Crippen LogP contribution in [0, 0.1) is 17.8 Å². The van der Waals surface area contributed by atoms with Crippen LogP contribution in [-0.2, 0) is 0 Å². The van der Waals surface area contributed by atoms with E-state index in [9.17, 15) is 0 Å². The molecule has 2 aliphatic carbocycles. The topological polar surface area (TPSA) is 33.2 Å². The van der Waals surface area contributed by atoms with E-state index < -0.39 is 0 Å². The minimum Gasteiger partial charge on any atom is -1.00 e. The van der Waals surface area contributed by atoms with Crippen molar-refractivity contribution >= 4 is 0 Å². The molecule has 0 heterocycles. The number of halogens is 2. The highest BCUT2D eigenvalue weighted by Gasteiger charge is 2.31. The highest BCUT2D eigenvalue weighted by atomic mass is 79.9. The van der Waals surface area contributed by atoms with Crippen LogP contribution in [0.3, 0.4) is 0 Å². The van der Waals surface area contributed by atoms with Gasteiger partial charge in [-0.15, -0.1) is 0 Å². The van der Waals surface area contributed by atoms with E-state index in [-0.39, 0.29) is 34.0 Å². The minimum absolute atomic E-state index is 0. The molecule has 2 atom stereocenters. The van der Waals surface area contributed by atoms with Crippen LogP contribution >= 0.6 is 0 Å². The lowest BCUT2D eigenvalue weighted by molar-refractivity contribution is -0.656. The third kappa shape index (κ3) is 8.92. The first-order valence-electron chi connectivity index (χ1n) is 8.98. The van der Waals surface area contributed by atoms with Gasteiger partial charge in [0.15, 0.2) is 0 Å². The highest BCUT2D eigenvalue weighted by molar-refractivity contribution is 4.82. The standard InChI is InChI=1S/C17H34N2.2BrH/c1-18-9-3-2-4-10-19-11-8-17-13-15-6-5-7-16(12-15)14-17;;/h15-19H,2-14H2,1H3;2*1H. The molecule has 0 amide bonds.